The maximum atomic E-state index is 4.93. The number of aryl methyl sites for hydroxylation is 1. The predicted molar refractivity (Wildman–Crippen MR) is 96.1 cm³/mol. The van der Waals surface area contributed by atoms with Crippen LogP contribution in [0.4, 0.5) is 5.82 Å². The second-order valence-corrected chi connectivity index (χ2v) is 7.32. The van der Waals surface area contributed by atoms with Crippen LogP contribution in [-0.2, 0) is 0 Å². The van der Waals surface area contributed by atoms with Gasteiger partial charge in [0.05, 0.1) is 5.39 Å². The van der Waals surface area contributed by atoms with Crippen LogP contribution in [-0.4, -0.2) is 28.0 Å². The molecule has 3 aromatic heterocycles. The van der Waals surface area contributed by atoms with Gasteiger partial charge in [0.2, 0.25) is 0 Å². The minimum Gasteiger partial charge on any atom is -0.356 e. The van der Waals surface area contributed by atoms with E-state index in [2.05, 4.69) is 22.9 Å². The second-order valence-electron chi connectivity index (χ2n) is 6.09. The van der Waals surface area contributed by atoms with Crippen molar-refractivity contribution in [3.05, 3.63) is 35.5 Å². The summed E-state index contributed by atoms with van der Waals surface area (Å²) in [5, 5.41) is 1.20. The van der Waals surface area contributed by atoms with E-state index in [0.717, 1.165) is 35.1 Å². The molecular formula is C18H20N4S. The summed E-state index contributed by atoms with van der Waals surface area (Å²) in [7, 11) is 0. The first-order valence-corrected chi connectivity index (χ1v) is 9.06. The van der Waals surface area contributed by atoms with Gasteiger partial charge in [-0.25, -0.2) is 9.97 Å². The molecule has 1 fully saturated rings. The molecule has 0 aromatic carbocycles. The zero-order valence-corrected chi connectivity index (χ0v) is 14.1. The standard InChI is InChI=1S/C18H20N4S/c1-13-11-15-17(22-9-4-2-3-5-10-22)20-16(21-18(15)23-13)14-7-6-8-19-12-14/h6-8,11-12H,2-5,9-10H2,1H3. The van der Waals surface area contributed by atoms with Gasteiger partial charge in [-0.05, 0) is 38.0 Å². The summed E-state index contributed by atoms with van der Waals surface area (Å²) < 4.78 is 0. The molecule has 5 heteroatoms. The van der Waals surface area contributed by atoms with Crippen LogP contribution in [0, 0.1) is 6.92 Å². The average Bonchev–Trinajstić information content (AvgIpc) is 2.78. The second kappa shape index (κ2) is 6.24. The van der Waals surface area contributed by atoms with Crippen molar-refractivity contribution in [1.29, 1.82) is 0 Å². The molecule has 1 saturated heterocycles. The fraction of sp³-hybridized carbons (Fsp3) is 0.389. The number of pyridine rings is 1. The smallest absolute Gasteiger partial charge is 0.164 e. The zero-order chi connectivity index (χ0) is 15.6. The molecule has 0 radical (unpaired) electrons. The maximum absolute atomic E-state index is 4.93. The molecule has 118 valence electrons. The van der Waals surface area contributed by atoms with E-state index >= 15 is 0 Å². The van der Waals surface area contributed by atoms with E-state index in [9.17, 15) is 0 Å². The van der Waals surface area contributed by atoms with Crippen molar-refractivity contribution in [1.82, 2.24) is 15.0 Å². The number of rotatable bonds is 2. The summed E-state index contributed by atoms with van der Waals surface area (Å²) in [4.78, 5) is 18.7. The highest BCUT2D eigenvalue weighted by Gasteiger charge is 2.18. The fourth-order valence-corrected chi connectivity index (χ4v) is 4.05. The molecule has 0 N–H and O–H groups in total. The van der Waals surface area contributed by atoms with Gasteiger partial charge in [-0.3, -0.25) is 4.98 Å². The maximum Gasteiger partial charge on any atom is 0.164 e. The van der Waals surface area contributed by atoms with Crippen LogP contribution < -0.4 is 4.90 Å². The fourth-order valence-electron chi connectivity index (χ4n) is 3.17. The topological polar surface area (TPSA) is 41.9 Å². The number of anilines is 1. The highest BCUT2D eigenvalue weighted by atomic mass is 32.1. The van der Waals surface area contributed by atoms with Gasteiger partial charge >= 0.3 is 0 Å². The molecule has 0 atom stereocenters. The molecule has 1 aliphatic heterocycles. The molecule has 4 rings (SSSR count). The van der Waals surface area contributed by atoms with Gasteiger partial charge in [0.15, 0.2) is 5.82 Å². The van der Waals surface area contributed by atoms with Gasteiger partial charge in [-0.1, -0.05) is 12.8 Å². The van der Waals surface area contributed by atoms with E-state index in [1.807, 2.05) is 18.3 Å². The van der Waals surface area contributed by atoms with E-state index in [1.54, 1.807) is 17.5 Å². The molecule has 4 nitrogen and oxygen atoms in total. The number of nitrogens with zero attached hydrogens (tertiary/aromatic N) is 4. The predicted octanol–water partition coefficient (Wildman–Crippen LogP) is 4.44. The van der Waals surface area contributed by atoms with E-state index in [1.165, 1.54) is 35.9 Å². The van der Waals surface area contributed by atoms with E-state index < -0.39 is 0 Å². The molecule has 4 heterocycles. The number of thiophene rings is 1. The molecular weight excluding hydrogens is 304 g/mol. The van der Waals surface area contributed by atoms with Crippen molar-refractivity contribution in [3.8, 4) is 11.4 Å². The Morgan fingerprint density at radius 3 is 2.65 bits per heavy atom. The van der Waals surface area contributed by atoms with Crippen LogP contribution in [0.15, 0.2) is 30.6 Å². The molecule has 0 aliphatic carbocycles. The Balaban J connectivity index is 1.86. The Kier molecular flexibility index (Phi) is 3.95. The van der Waals surface area contributed by atoms with Crippen LogP contribution >= 0.6 is 11.3 Å². The molecule has 23 heavy (non-hydrogen) atoms. The van der Waals surface area contributed by atoms with Crippen molar-refractivity contribution in [2.75, 3.05) is 18.0 Å². The van der Waals surface area contributed by atoms with Gasteiger partial charge in [0, 0.05) is 35.9 Å². The summed E-state index contributed by atoms with van der Waals surface area (Å²) in [6, 6.07) is 6.20. The average molecular weight is 324 g/mol. The van der Waals surface area contributed by atoms with Gasteiger partial charge in [0.1, 0.15) is 10.6 Å². The Morgan fingerprint density at radius 1 is 1.09 bits per heavy atom. The van der Waals surface area contributed by atoms with Gasteiger partial charge in [-0.15, -0.1) is 11.3 Å². The highest BCUT2D eigenvalue weighted by molar-refractivity contribution is 7.18. The minimum atomic E-state index is 0.784. The molecule has 3 aromatic rings. The third-order valence-corrected chi connectivity index (χ3v) is 5.27. The summed E-state index contributed by atoms with van der Waals surface area (Å²) in [5.74, 6) is 1.88. The first-order valence-electron chi connectivity index (χ1n) is 8.25. The van der Waals surface area contributed by atoms with Crippen LogP contribution in [0.25, 0.3) is 21.6 Å². The van der Waals surface area contributed by atoms with Crippen molar-refractivity contribution in [2.24, 2.45) is 0 Å². The monoisotopic (exact) mass is 324 g/mol. The number of aromatic nitrogens is 3. The molecule has 0 saturated carbocycles. The Bertz CT molecular complexity index is 805. The molecule has 0 bridgehead atoms. The van der Waals surface area contributed by atoms with Gasteiger partial charge in [-0.2, -0.15) is 0 Å². The van der Waals surface area contributed by atoms with Crippen LogP contribution in [0.5, 0.6) is 0 Å². The summed E-state index contributed by atoms with van der Waals surface area (Å²) >= 11 is 1.75. The number of hydrogen-bond acceptors (Lipinski definition) is 5. The lowest BCUT2D eigenvalue weighted by Gasteiger charge is -2.22. The number of hydrogen-bond donors (Lipinski definition) is 0. The van der Waals surface area contributed by atoms with Crippen LogP contribution in [0.3, 0.4) is 0 Å². The first-order chi connectivity index (χ1) is 11.3. The third kappa shape index (κ3) is 2.93. The molecule has 0 spiro atoms. The SMILES string of the molecule is Cc1cc2c(N3CCCCCC3)nc(-c3cccnc3)nc2s1. The lowest BCUT2D eigenvalue weighted by atomic mass is 10.2. The largest absolute Gasteiger partial charge is 0.356 e. The summed E-state index contributed by atoms with van der Waals surface area (Å²) in [6.07, 6.45) is 8.76. The normalized spacial score (nSPS) is 15.8. The Morgan fingerprint density at radius 2 is 1.91 bits per heavy atom. The van der Waals surface area contributed by atoms with Crippen molar-refractivity contribution in [2.45, 2.75) is 32.6 Å². The van der Waals surface area contributed by atoms with Crippen LogP contribution in [0.2, 0.25) is 0 Å². The van der Waals surface area contributed by atoms with E-state index in [0.29, 0.717) is 0 Å². The van der Waals surface area contributed by atoms with E-state index in [4.69, 9.17) is 9.97 Å². The molecule has 0 unspecified atom stereocenters. The third-order valence-electron chi connectivity index (χ3n) is 4.32. The Hall–Kier alpha value is -2.01. The molecule has 0 amide bonds. The lowest BCUT2D eigenvalue weighted by Crippen LogP contribution is -2.25. The van der Waals surface area contributed by atoms with E-state index in [-0.39, 0.29) is 0 Å². The number of fused-ring (bicyclic) bond motifs is 1. The lowest BCUT2D eigenvalue weighted by molar-refractivity contribution is 0.726. The quantitative estimate of drug-likeness (QED) is 0.699. The molecule has 1 aliphatic rings. The minimum absolute atomic E-state index is 0.784. The summed E-state index contributed by atoms with van der Waals surface area (Å²) in [6.45, 7) is 4.32. The van der Waals surface area contributed by atoms with Gasteiger partial charge < -0.3 is 4.90 Å². The summed E-state index contributed by atoms with van der Waals surface area (Å²) in [5.41, 5.74) is 0.983. The van der Waals surface area contributed by atoms with Gasteiger partial charge in [0.25, 0.3) is 0 Å². The van der Waals surface area contributed by atoms with Crippen molar-refractivity contribution >= 4 is 27.4 Å². The zero-order valence-electron chi connectivity index (χ0n) is 13.3. The highest BCUT2D eigenvalue weighted by Crippen LogP contribution is 2.33. The van der Waals surface area contributed by atoms with Crippen molar-refractivity contribution in [3.63, 3.8) is 0 Å². The van der Waals surface area contributed by atoms with Crippen LogP contribution in [0.1, 0.15) is 30.6 Å². The van der Waals surface area contributed by atoms with Crippen molar-refractivity contribution < 1.29 is 0 Å². The first kappa shape index (κ1) is 14.6. The Labute approximate surface area is 140 Å².